The molecule has 2 heteroatoms. The van der Waals surface area contributed by atoms with Gasteiger partial charge in [-0.2, -0.15) is 0 Å². The van der Waals surface area contributed by atoms with Gasteiger partial charge in [0.05, 0.1) is 12.2 Å². The minimum absolute atomic E-state index is 0.354. The number of aliphatic hydroxyl groups excluding tert-OH is 2. The number of allylic oxidation sites excluding steroid dienone is 5. The van der Waals surface area contributed by atoms with E-state index in [1.165, 1.54) is 63.4 Å². The number of fused-ring (bicyclic) bond motifs is 1. The first-order chi connectivity index (χ1) is 14.1. The Morgan fingerprint density at radius 3 is 2.40 bits per heavy atom. The fraction of sp³-hybridized carbons (Fsp3) is 0.786. The van der Waals surface area contributed by atoms with Crippen LogP contribution in [0.4, 0.5) is 0 Å². The maximum Gasteiger partial charge on any atom is 0.0602 e. The van der Waals surface area contributed by atoms with Gasteiger partial charge in [0.25, 0.3) is 0 Å². The molecule has 4 atom stereocenters. The molecule has 0 aromatic heterocycles. The topological polar surface area (TPSA) is 40.5 Å². The Labute approximate surface area is 184 Å². The number of hydrogen-bond donors (Lipinski definition) is 2. The summed E-state index contributed by atoms with van der Waals surface area (Å²) in [5, 5.41) is 20.0. The minimum atomic E-state index is -0.377. The van der Waals surface area contributed by atoms with Crippen molar-refractivity contribution in [2.75, 3.05) is 0 Å². The Bertz CT molecular complexity index is 718. The van der Waals surface area contributed by atoms with Gasteiger partial charge < -0.3 is 10.2 Å². The zero-order valence-electron chi connectivity index (χ0n) is 19.8. The monoisotopic (exact) mass is 412 g/mol. The molecule has 2 unspecified atom stereocenters. The van der Waals surface area contributed by atoms with Crippen LogP contribution in [-0.2, 0) is 0 Å². The van der Waals surface area contributed by atoms with Crippen molar-refractivity contribution >= 4 is 0 Å². The third-order valence-electron chi connectivity index (χ3n) is 8.63. The van der Waals surface area contributed by atoms with E-state index in [0.717, 1.165) is 12.8 Å². The molecule has 2 nitrogen and oxygen atoms in total. The van der Waals surface area contributed by atoms with Gasteiger partial charge in [-0.15, -0.1) is 0 Å². The molecule has 3 saturated carbocycles. The van der Waals surface area contributed by atoms with Crippen LogP contribution in [0, 0.1) is 22.2 Å². The highest BCUT2D eigenvalue weighted by molar-refractivity contribution is 5.39. The first kappa shape index (κ1) is 22.3. The highest BCUT2D eigenvalue weighted by atomic mass is 16.3. The minimum Gasteiger partial charge on any atom is -0.393 e. The van der Waals surface area contributed by atoms with Crippen LogP contribution < -0.4 is 0 Å². The van der Waals surface area contributed by atoms with Crippen molar-refractivity contribution in [3.8, 4) is 0 Å². The third kappa shape index (κ3) is 4.65. The maximum absolute atomic E-state index is 10.0. The lowest BCUT2D eigenvalue weighted by Crippen LogP contribution is -2.33. The largest absolute Gasteiger partial charge is 0.393 e. The first-order valence-corrected chi connectivity index (χ1v) is 12.6. The molecular weight excluding hydrogens is 368 g/mol. The van der Waals surface area contributed by atoms with E-state index in [1.54, 1.807) is 5.57 Å². The van der Waals surface area contributed by atoms with Crippen molar-refractivity contribution in [3.63, 3.8) is 0 Å². The highest BCUT2D eigenvalue weighted by Gasteiger charge is 2.56. The average molecular weight is 413 g/mol. The SMILES string of the molecule is CC(C)(C)CCCC1(C2=CCC3/C(=C/C=C4/CC(O)C[C@H](O)C4)CCC[C@]23C)CC1. The van der Waals surface area contributed by atoms with Gasteiger partial charge in [-0.3, -0.25) is 0 Å². The molecule has 4 rings (SSSR count). The second-order valence-corrected chi connectivity index (χ2v) is 12.4. The van der Waals surface area contributed by atoms with Gasteiger partial charge in [0, 0.05) is 0 Å². The molecule has 168 valence electrons. The number of hydrogen-bond acceptors (Lipinski definition) is 2. The molecule has 0 aromatic rings. The molecule has 0 spiro atoms. The van der Waals surface area contributed by atoms with Crippen LogP contribution in [0.15, 0.2) is 34.9 Å². The number of rotatable bonds is 5. The van der Waals surface area contributed by atoms with Crippen LogP contribution in [0.5, 0.6) is 0 Å². The summed E-state index contributed by atoms with van der Waals surface area (Å²) in [5.74, 6) is 0.664. The van der Waals surface area contributed by atoms with Gasteiger partial charge in [-0.25, -0.2) is 0 Å². The smallest absolute Gasteiger partial charge is 0.0602 e. The molecule has 0 amide bonds. The summed E-state index contributed by atoms with van der Waals surface area (Å²) >= 11 is 0. The molecule has 0 saturated heterocycles. The Morgan fingerprint density at radius 1 is 1.07 bits per heavy atom. The Hall–Kier alpha value is -0.860. The standard InChI is InChI=1S/C28H44O2/c1-26(2,3)12-6-14-28(15-16-28)25-11-10-24-21(7-5-13-27(24,25)4)9-8-20-17-22(29)19-23(30)18-20/h8-9,11,22-24,29-30H,5-7,10,12-19H2,1-4H3/b20-8-,21-9+/t22?,23-,24?,27+/m1/s1. The fourth-order valence-electron chi connectivity index (χ4n) is 6.93. The lowest BCUT2D eigenvalue weighted by atomic mass is 9.61. The Morgan fingerprint density at radius 2 is 1.77 bits per heavy atom. The van der Waals surface area contributed by atoms with Crippen LogP contribution in [0.1, 0.15) is 105 Å². The highest BCUT2D eigenvalue weighted by Crippen LogP contribution is 2.67. The van der Waals surface area contributed by atoms with E-state index in [-0.39, 0.29) is 12.2 Å². The summed E-state index contributed by atoms with van der Waals surface area (Å²) in [7, 11) is 0. The van der Waals surface area contributed by atoms with Gasteiger partial charge in [0.2, 0.25) is 0 Å². The Kier molecular flexibility index (Phi) is 6.14. The summed E-state index contributed by atoms with van der Waals surface area (Å²) in [4.78, 5) is 0. The molecule has 0 radical (unpaired) electrons. The summed E-state index contributed by atoms with van der Waals surface area (Å²) in [5.41, 5.74) is 5.96. The maximum atomic E-state index is 10.0. The number of aliphatic hydroxyl groups is 2. The van der Waals surface area contributed by atoms with E-state index in [2.05, 4.69) is 45.9 Å². The molecule has 0 aromatic carbocycles. The molecule has 3 fully saturated rings. The molecule has 0 heterocycles. The van der Waals surface area contributed by atoms with Crippen molar-refractivity contribution in [3.05, 3.63) is 34.9 Å². The first-order valence-electron chi connectivity index (χ1n) is 12.6. The van der Waals surface area contributed by atoms with E-state index < -0.39 is 0 Å². The van der Waals surface area contributed by atoms with E-state index in [1.807, 2.05) is 5.57 Å². The summed E-state index contributed by atoms with van der Waals surface area (Å²) < 4.78 is 0. The van der Waals surface area contributed by atoms with Crippen LogP contribution in [0.2, 0.25) is 0 Å². The molecule has 0 bridgehead atoms. The molecular formula is C28H44O2. The van der Waals surface area contributed by atoms with E-state index in [4.69, 9.17) is 0 Å². The predicted octanol–water partition coefficient (Wildman–Crippen LogP) is 6.88. The third-order valence-corrected chi connectivity index (χ3v) is 8.63. The molecule has 30 heavy (non-hydrogen) atoms. The average Bonchev–Trinajstić information content (AvgIpc) is 3.31. The van der Waals surface area contributed by atoms with E-state index in [9.17, 15) is 10.2 Å². The second kappa shape index (κ2) is 8.24. The van der Waals surface area contributed by atoms with Crippen molar-refractivity contribution in [2.45, 2.75) is 117 Å². The van der Waals surface area contributed by atoms with Gasteiger partial charge in [-0.1, -0.05) is 69.1 Å². The molecule has 2 N–H and O–H groups in total. The van der Waals surface area contributed by atoms with Gasteiger partial charge >= 0.3 is 0 Å². The predicted molar refractivity (Wildman–Crippen MR) is 125 cm³/mol. The van der Waals surface area contributed by atoms with Crippen molar-refractivity contribution in [1.82, 2.24) is 0 Å². The van der Waals surface area contributed by atoms with Gasteiger partial charge in [0.15, 0.2) is 0 Å². The van der Waals surface area contributed by atoms with Crippen LogP contribution in [-0.4, -0.2) is 22.4 Å². The lowest BCUT2D eigenvalue weighted by Gasteiger charge is -2.43. The normalized spacial score (nSPS) is 38.6. The quantitative estimate of drug-likeness (QED) is 0.483. The van der Waals surface area contributed by atoms with Gasteiger partial charge in [0.1, 0.15) is 0 Å². The second-order valence-electron chi connectivity index (χ2n) is 12.4. The van der Waals surface area contributed by atoms with Crippen molar-refractivity contribution < 1.29 is 10.2 Å². The van der Waals surface area contributed by atoms with Crippen molar-refractivity contribution in [1.29, 1.82) is 0 Å². The van der Waals surface area contributed by atoms with Crippen LogP contribution in [0.25, 0.3) is 0 Å². The van der Waals surface area contributed by atoms with E-state index >= 15 is 0 Å². The summed E-state index contributed by atoms with van der Waals surface area (Å²) in [6.45, 7) is 9.68. The lowest BCUT2D eigenvalue weighted by molar-refractivity contribution is 0.0609. The zero-order valence-corrected chi connectivity index (χ0v) is 19.8. The van der Waals surface area contributed by atoms with Crippen molar-refractivity contribution in [2.24, 2.45) is 22.2 Å². The van der Waals surface area contributed by atoms with Crippen LogP contribution >= 0.6 is 0 Å². The Balaban J connectivity index is 1.47. The molecule has 4 aliphatic rings. The van der Waals surface area contributed by atoms with Crippen LogP contribution in [0.3, 0.4) is 0 Å². The summed E-state index contributed by atoms with van der Waals surface area (Å²) in [6, 6.07) is 0. The molecule has 4 aliphatic carbocycles. The zero-order chi connectivity index (χ0) is 21.6. The molecule has 0 aliphatic heterocycles. The summed E-state index contributed by atoms with van der Waals surface area (Å²) in [6.07, 6.45) is 20.4. The van der Waals surface area contributed by atoms with E-state index in [0.29, 0.717) is 28.6 Å². The fourth-order valence-corrected chi connectivity index (χ4v) is 6.93. The van der Waals surface area contributed by atoms with Gasteiger partial charge in [-0.05, 0) is 92.8 Å².